The maximum atomic E-state index is 12.4. The van der Waals surface area contributed by atoms with Crippen LogP contribution in [0.3, 0.4) is 0 Å². The van der Waals surface area contributed by atoms with Gasteiger partial charge < -0.3 is 20.3 Å². The molecule has 0 aromatic heterocycles. The van der Waals surface area contributed by atoms with Crippen molar-refractivity contribution in [2.75, 3.05) is 50.6 Å². The summed E-state index contributed by atoms with van der Waals surface area (Å²) < 4.78 is 5.39. The Labute approximate surface area is 184 Å². The zero-order valence-electron chi connectivity index (χ0n) is 18.6. The third-order valence-electron chi connectivity index (χ3n) is 5.46. The molecule has 1 aliphatic rings. The van der Waals surface area contributed by atoms with E-state index in [0.717, 1.165) is 42.9 Å². The smallest absolute Gasteiger partial charge is 0.313 e. The number of likely N-dealkylation sites (tertiary alicyclic amines) is 1. The standard InChI is InChI=1S/C24H32N4O3/c1-4-31-21-13-9-19(10-14-21)26-24(30)23(29)25-17-22(28-15-5-6-16-28)18-7-11-20(12-8-18)27(2)3/h7-14,22H,4-6,15-17H2,1-3H3,(H,25,29)(H,26,30)/t22-/m0/s1. The Hall–Kier alpha value is -3.06. The molecule has 7 nitrogen and oxygen atoms in total. The van der Waals surface area contributed by atoms with Gasteiger partial charge in [-0.1, -0.05) is 12.1 Å². The van der Waals surface area contributed by atoms with Crippen LogP contribution in [0.2, 0.25) is 0 Å². The molecular formula is C24H32N4O3. The third-order valence-corrected chi connectivity index (χ3v) is 5.46. The van der Waals surface area contributed by atoms with Gasteiger partial charge in [-0.2, -0.15) is 0 Å². The van der Waals surface area contributed by atoms with Gasteiger partial charge >= 0.3 is 11.8 Å². The lowest BCUT2D eigenvalue weighted by molar-refractivity contribution is -0.136. The molecule has 1 atom stereocenters. The Bertz CT molecular complexity index is 859. The zero-order chi connectivity index (χ0) is 22.2. The number of carbonyl (C=O) groups excluding carboxylic acids is 2. The lowest BCUT2D eigenvalue weighted by atomic mass is 10.0. The predicted octanol–water partition coefficient (Wildman–Crippen LogP) is 3.04. The molecule has 1 saturated heterocycles. The minimum absolute atomic E-state index is 0.0425. The van der Waals surface area contributed by atoms with Gasteiger partial charge in [0.05, 0.1) is 12.6 Å². The molecule has 1 aliphatic heterocycles. The van der Waals surface area contributed by atoms with Crippen LogP contribution in [0, 0.1) is 0 Å². The Morgan fingerprint density at radius 3 is 2.23 bits per heavy atom. The largest absolute Gasteiger partial charge is 0.494 e. The van der Waals surface area contributed by atoms with Crippen LogP contribution >= 0.6 is 0 Å². The molecule has 1 heterocycles. The number of anilines is 2. The molecule has 0 saturated carbocycles. The fourth-order valence-electron chi connectivity index (χ4n) is 3.76. The monoisotopic (exact) mass is 424 g/mol. The van der Waals surface area contributed by atoms with Crippen LogP contribution in [0.1, 0.15) is 31.4 Å². The lowest BCUT2D eigenvalue weighted by Gasteiger charge is -2.28. The third kappa shape index (κ3) is 6.21. The van der Waals surface area contributed by atoms with Crippen molar-refractivity contribution >= 4 is 23.2 Å². The molecule has 2 aromatic rings. The van der Waals surface area contributed by atoms with Crippen molar-refractivity contribution in [1.82, 2.24) is 10.2 Å². The molecule has 0 unspecified atom stereocenters. The van der Waals surface area contributed by atoms with Crippen LogP contribution in [0.5, 0.6) is 5.75 Å². The topological polar surface area (TPSA) is 73.9 Å². The summed E-state index contributed by atoms with van der Waals surface area (Å²) in [5.41, 5.74) is 2.82. The van der Waals surface area contributed by atoms with Crippen LogP contribution in [-0.2, 0) is 9.59 Å². The number of carbonyl (C=O) groups is 2. The first-order valence-corrected chi connectivity index (χ1v) is 10.8. The van der Waals surface area contributed by atoms with Crippen molar-refractivity contribution < 1.29 is 14.3 Å². The Kier molecular flexibility index (Phi) is 7.89. The summed E-state index contributed by atoms with van der Waals surface area (Å²) in [6.45, 7) is 4.86. The van der Waals surface area contributed by atoms with Crippen LogP contribution in [-0.4, -0.2) is 57.1 Å². The van der Waals surface area contributed by atoms with E-state index in [0.29, 0.717) is 18.8 Å². The maximum absolute atomic E-state index is 12.4. The summed E-state index contributed by atoms with van der Waals surface area (Å²) in [4.78, 5) is 29.2. The number of rotatable bonds is 8. The number of amides is 2. The van der Waals surface area contributed by atoms with Gasteiger partial charge in [-0.3, -0.25) is 14.5 Å². The van der Waals surface area contributed by atoms with Crippen molar-refractivity contribution in [2.45, 2.75) is 25.8 Å². The van der Waals surface area contributed by atoms with Crippen molar-refractivity contribution in [2.24, 2.45) is 0 Å². The number of nitrogens with one attached hydrogen (secondary N) is 2. The highest BCUT2D eigenvalue weighted by Crippen LogP contribution is 2.26. The molecule has 1 fully saturated rings. The van der Waals surface area contributed by atoms with E-state index in [4.69, 9.17) is 4.74 Å². The van der Waals surface area contributed by atoms with E-state index in [1.54, 1.807) is 24.3 Å². The SMILES string of the molecule is CCOc1ccc(NC(=O)C(=O)NC[C@@H](c2ccc(N(C)C)cc2)N2CCCC2)cc1. The number of hydrogen-bond acceptors (Lipinski definition) is 5. The minimum atomic E-state index is -0.674. The maximum Gasteiger partial charge on any atom is 0.313 e. The fourth-order valence-corrected chi connectivity index (χ4v) is 3.76. The molecule has 166 valence electrons. The number of ether oxygens (including phenoxy) is 1. The lowest BCUT2D eigenvalue weighted by Crippen LogP contribution is -2.41. The van der Waals surface area contributed by atoms with E-state index in [2.05, 4.69) is 44.7 Å². The molecule has 0 bridgehead atoms. The van der Waals surface area contributed by atoms with Crippen LogP contribution in [0.25, 0.3) is 0 Å². The molecule has 2 N–H and O–H groups in total. The predicted molar refractivity (Wildman–Crippen MR) is 124 cm³/mol. The van der Waals surface area contributed by atoms with E-state index in [-0.39, 0.29) is 6.04 Å². The van der Waals surface area contributed by atoms with E-state index >= 15 is 0 Å². The second-order valence-electron chi connectivity index (χ2n) is 7.87. The van der Waals surface area contributed by atoms with Crippen molar-refractivity contribution in [3.05, 3.63) is 54.1 Å². The summed E-state index contributed by atoms with van der Waals surface area (Å²) in [6.07, 6.45) is 2.30. The molecule has 0 radical (unpaired) electrons. The van der Waals surface area contributed by atoms with Gasteiger partial charge in [0.2, 0.25) is 0 Å². The van der Waals surface area contributed by atoms with Gasteiger partial charge in [0.1, 0.15) is 5.75 Å². The molecule has 0 aliphatic carbocycles. The normalized spacial score (nSPS) is 14.7. The van der Waals surface area contributed by atoms with Gasteiger partial charge in [-0.05, 0) is 74.8 Å². The second kappa shape index (κ2) is 10.8. The van der Waals surface area contributed by atoms with Crippen LogP contribution in [0.15, 0.2) is 48.5 Å². The molecule has 3 rings (SSSR count). The average Bonchev–Trinajstić information content (AvgIpc) is 3.30. The quantitative estimate of drug-likeness (QED) is 0.637. The first-order chi connectivity index (χ1) is 15.0. The first kappa shape index (κ1) is 22.6. The number of nitrogens with zero attached hydrogens (tertiary/aromatic N) is 2. The van der Waals surface area contributed by atoms with E-state index in [9.17, 15) is 9.59 Å². The highest BCUT2D eigenvalue weighted by atomic mass is 16.5. The Balaban J connectivity index is 1.60. The van der Waals surface area contributed by atoms with E-state index in [1.807, 2.05) is 21.0 Å². The molecule has 0 spiro atoms. The molecule has 2 amide bonds. The van der Waals surface area contributed by atoms with Gasteiger partial charge in [0, 0.05) is 32.0 Å². The first-order valence-electron chi connectivity index (χ1n) is 10.8. The average molecular weight is 425 g/mol. The highest BCUT2D eigenvalue weighted by molar-refractivity contribution is 6.39. The van der Waals surface area contributed by atoms with Gasteiger partial charge in [0.15, 0.2) is 0 Å². The van der Waals surface area contributed by atoms with Gasteiger partial charge in [0.25, 0.3) is 0 Å². The van der Waals surface area contributed by atoms with Crippen LogP contribution < -0.4 is 20.3 Å². The fraction of sp³-hybridized carbons (Fsp3) is 0.417. The van der Waals surface area contributed by atoms with E-state index in [1.165, 1.54) is 0 Å². The number of benzene rings is 2. The molecule has 31 heavy (non-hydrogen) atoms. The van der Waals surface area contributed by atoms with Crippen molar-refractivity contribution in [1.29, 1.82) is 0 Å². The van der Waals surface area contributed by atoms with E-state index < -0.39 is 11.8 Å². The molecule has 2 aromatic carbocycles. The second-order valence-corrected chi connectivity index (χ2v) is 7.87. The summed E-state index contributed by atoms with van der Waals surface area (Å²) in [5, 5.41) is 5.46. The summed E-state index contributed by atoms with van der Waals surface area (Å²) in [5.74, 6) is -0.589. The number of hydrogen-bond donors (Lipinski definition) is 2. The molecular weight excluding hydrogens is 392 g/mol. The Morgan fingerprint density at radius 1 is 1.00 bits per heavy atom. The Morgan fingerprint density at radius 2 is 1.65 bits per heavy atom. The molecule has 7 heteroatoms. The van der Waals surface area contributed by atoms with Gasteiger partial charge in [-0.25, -0.2) is 0 Å². The zero-order valence-corrected chi connectivity index (χ0v) is 18.6. The van der Waals surface area contributed by atoms with Crippen molar-refractivity contribution in [3.8, 4) is 5.75 Å². The van der Waals surface area contributed by atoms with Crippen LogP contribution in [0.4, 0.5) is 11.4 Å². The minimum Gasteiger partial charge on any atom is -0.494 e. The summed E-state index contributed by atoms with van der Waals surface area (Å²) in [7, 11) is 4.02. The van der Waals surface area contributed by atoms with Gasteiger partial charge in [-0.15, -0.1) is 0 Å². The highest BCUT2D eigenvalue weighted by Gasteiger charge is 2.25. The summed E-state index contributed by atoms with van der Waals surface area (Å²) in [6, 6.07) is 15.4. The van der Waals surface area contributed by atoms with Crippen molar-refractivity contribution in [3.63, 3.8) is 0 Å². The summed E-state index contributed by atoms with van der Waals surface area (Å²) >= 11 is 0.